The molecule has 0 saturated carbocycles. The fourth-order valence-corrected chi connectivity index (χ4v) is 5.20. The SMILES string of the molecule is Cc1cn(-c2ccc(N3CC(C)N(C)C(C)C3)cc2)c(=O)c2cccc(-c3ccc(C#N)cc3)c12. The number of benzene rings is 3. The second-order valence-electron chi connectivity index (χ2n) is 9.69. The van der Waals surface area contributed by atoms with E-state index in [1.54, 1.807) is 4.57 Å². The highest BCUT2D eigenvalue weighted by atomic mass is 16.1. The fraction of sp³-hybridized carbons (Fsp3) is 0.267. The van der Waals surface area contributed by atoms with E-state index in [-0.39, 0.29) is 5.56 Å². The first-order chi connectivity index (χ1) is 16.9. The molecule has 2 unspecified atom stereocenters. The van der Waals surface area contributed by atoms with Crippen molar-refractivity contribution >= 4 is 16.5 Å². The second-order valence-corrected chi connectivity index (χ2v) is 9.69. The van der Waals surface area contributed by atoms with Gasteiger partial charge >= 0.3 is 0 Å². The van der Waals surface area contributed by atoms with Crippen LogP contribution in [0.5, 0.6) is 0 Å². The normalized spacial score (nSPS) is 18.5. The van der Waals surface area contributed by atoms with Gasteiger partial charge in [-0.2, -0.15) is 5.26 Å². The molecule has 1 aliphatic rings. The van der Waals surface area contributed by atoms with Gasteiger partial charge in [0.1, 0.15) is 0 Å². The van der Waals surface area contributed by atoms with E-state index in [0.717, 1.165) is 40.9 Å². The largest absolute Gasteiger partial charge is 0.368 e. The number of nitrogens with zero attached hydrogens (tertiary/aromatic N) is 4. The van der Waals surface area contributed by atoms with E-state index in [1.807, 2.05) is 67.7 Å². The Morgan fingerprint density at radius 1 is 0.886 bits per heavy atom. The van der Waals surface area contributed by atoms with Gasteiger partial charge in [-0.1, -0.05) is 24.3 Å². The van der Waals surface area contributed by atoms with Crippen LogP contribution in [0.3, 0.4) is 0 Å². The predicted octanol–water partition coefficient (Wildman–Crippen LogP) is 5.37. The van der Waals surface area contributed by atoms with Crippen molar-refractivity contribution in [3.8, 4) is 22.9 Å². The standard InChI is InChI=1S/C30H30N4O/c1-20-17-34(26-14-12-25(13-15-26)33-18-21(2)32(4)22(3)19-33)30(35)28-7-5-6-27(29(20)28)24-10-8-23(16-31)9-11-24/h5-15,17,21-22H,18-19H2,1-4H3. The van der Waals surface area contributed by atoms with Crippen LogP contribution in [-0.4, -0.2) is 41.7 Å². The number of piperazine rings is 1. The summed E-state index contributed by atoms with van der Waals surface area (Å²) in [4.78, 5) is 18.4. The van der Waals surface area contributed by atoms with E-state index in [4.69, 9.17) is 5.26 Å². The van der Waals surface area contributed by atoms with E-state index in [0.29, 0.717) is 23.0 Å². The minimum absolute atomic E-state index is 0.0318. The summed E-state index contributed by atoms with van der Waals surface area (Å²) in [6, 6.07) is 24.9. The van der Waals surface area contributed by atoms with Crippen molar-refractivity contribution in [3.05, 3.63) is 94.4 Å². The third kappa shape index (κ3) is 4.11. The Kier molecular flexibility index (Phi) is 5.92. The van der Waals surface area contributed by atoms with Gasteiger partial charge in [0.15, 0.2) is 0 Å². The molecule has 0 N–H and O–H groups in total. The Bertz CT molecular complexity index is 1470. The molecular formula is C30H30N4O. The van der Waals surface area contributed by atoms with Gasteiger partial charge in [-0.15, -0.1) is 0 Å². The molecule has 1 aromatic heterocycles. The number of hydrogen-bond donors (Lipinski definition) is 0. The van der Waals surface area contributed by atoms with E-state index < -0.39 is 0 Å². The fourth-order valence-electron chi connectivity index (χ4n) is 5.20. The van der Waals surface area contributed by atoms with Crippen LogP contribution in [-0.2, 0) is 0 Å². The average Bonchev–Trinajstić information content (AvgIpc) is 2.89. The van der Waals surface area contributed by atoms with Crippen molar-refractivity contribution in [2.24, 2.45) is 0 Å². The summed E-state index contributed by atoms with van der Waals surface area (Å²) in [6.07, 6.45) is 1.94. The summed E-state index contributed by atoms with van der Waals surface area (Å²) >= 11 is 0. The Balaban J connectivity index is 1.53. The quantitative estimate of drug-likeness (QED) is 0.411. The number of anilines is 1. The molecule has 0 amide bonds. The van der Waals surface area contributed by atoms with Gasteiger partial charge in [-0.3, -0.25) is 14.3 Å². The van der Waals surface area contributed by atoms with Gasteiger partial charge in [0.2, 0.25) is 0 Å². The van der Waals surface area contributed by atoms with Gasteiger partial charge in [-0.25, -0.2) is 0 Å². The summed E-state index contributed by atoms with van der Waals surface area (Å²) < 4.78 is 1.75. The highest BCUT2D eigenvalue weighted by molar-refractivity contribution is 5.98. The van der Waals surface area contributed by atoms with Crippen molar-refractivity contribution in [2.75, 3.05) is 25.0 Å². The highest BCUT2D eigenvalue weighted by Crippen LogP contribution is 2.30. The molecule has 0 bridgehead atoms. The van der Waals surface area contributed by atoms with E-state index >= 15 is 0 Å². The topological polar surface area (TPSA) is 52.3 Å². The summed E-state index contributed by atoms with van der Waals surface area (Å²) in [5, 5.41) is 10.8. The molecule has 5 heteroatoms. The van der Waals surface area contributed by atoms with E-state index in [1.165, 1.54) is 5.69 Å². The molecule has 0 aliphatic carbocycles. The zero-order valence-electron chi connectivity index (χ0n) is 20.7. The molecule has 5 rings (SSSR count). The molecule has 0 radical (unpaired) electrons. The Morgan fingerprint density at radius 3 is 2.14 bits per heavy atom. The lowest BCUT2D eigenvalue weighted by molar-refractivity contribution is 0.170. The first-order valence-corrected chi connectivity index (χ1v) is 12.1. The molecule has 176 valence electrons. The number of likely N-dealkylation sites (N-methyl/N-ethyl adjacent to an activating group) is 1. The van der Waals surface area contributed by atoms with Crippen LogP contribution in [0.2, 0.25) is 0 Å². The second kappa shape index (κ2) is 9.05. The molecule has 35 heavy (non-hydrogen) atoms. The number of rotatable bonds is 3. The number of pyridine rings is 1. The molecular weight excluding hydrogens is 432 g/mol. The number of aromatic nitrogens is 1. The zero-order valence-corrected chi connectivity index (χ0v) is 20.7. The molecule has 0 spiro atoms. The van der Waals surface area contributed by atoms with Gasteiger partial charge in [0.05, 0.1) is 11.6 Å². The maximum Gasteiger partial charge on any atom is 0.262 e. The minimum atomic E-state index is -0.0318. The molecule has 5 nitrogen and oxygen atoms in total. The molecule has 2 heterocycles. The van der Waals surface area contributed by atoms with Gasteiger partial charge in [0, 0.05) is 48.1 Å². The lowest BCUT2D eigenvalue weighted by Gasteiger charge is -2.43. The smallest absolute Gasteiger partial charge is 0.262 e. The monoisotopic (exact) mass is 462 g/mol. The summed E-state index contributed by atoms with van der Waals surface area (Å²) in [5.74, 6) is 0. The maximum absolute atomic E-state index is 13.6. The summed E-state index contributed by atoms with van der Waals surface area (Å²) in [7, 11) is 2.19. The van der Waals surface area contributed by atoms with E-state index in [2.05, 4.69) is 48.9 Å². The summed E-state index contributed by atoms with van der Waals surface area (Å²) in [5.41, 5.74) is 5.67. The Labute approximate surface area is 206 Å². The average molecular weight is 463 g/mol. The third-order valence-electron chi connectivity index (χ3n) is 7.41. The molecule has 1 aliphatic heterocycles. The zero-order chi connectivity index (χ0) is 24.7. The van der Waals surface area contributed by atoms with Crippen LogP contribution < -0.4 is 10.5 Å². The van der Waals surface area contributed by atoms with Crippen LogP contribution in [0, 0.1) is 18.3 Å². The first-order valence-electron chi connectivity index (χ1n) is 12.1. The van der Waals surface area contributed by atoms with Gasteiger partial charge in [0.25, 0.3) is 5.56 Å². The van der Waals surface area contributed by atoms with Crippen molar-refractivity contribution in [1.29, 1.82) is 5.26 Å². The summed E-state index contributed by atoms with van der Waals surface area (Å²) in [6.45, 7) is 8.56. The van der Waals surface area contributed by atoms with Crippen molar-refractivity contribution in [3.63, 3.8) is 0 Å². The lowest BCUT2D eigenvalue weighted by Crippen LogP contribution is -2.55. The molecule has 1 saturated heterocycles. The number of hydrogen-bond acceptors (Lipinski definition) is 4. The third-order valence-corrected chi connectivity index (χ3v) is 7.41. The number of nitriles is 1. The number of fused-ring (bicyclic) bond motifs is 1. The maximum atomic E-state index is 13.6. The van der Waals surface area contributed by atoms with Crippen molar-refractivity contribution < 1.29 is 0 Å². The van der Waals surface area contributed by atoms with Crippen molar-refractivity contribution in [2.45, 2.75) is 32.9 Å². The molecule has 1 fully saturated rings. The number of aryl methyl sites for hydroxylation is 1. The van der Waals surface area contributed by atoms with Crippen LogP contribution in [0.1, 0.15) is 25.0 Å². The van der Waals surface area contributed by atoms with E-state index in [9.17, 15) is 4.79 Å². The predicted molar refractivity (Wildman–Crippen MR) is 143 cm³/mol. The Hall–Kier alpha value is -3.88. The van der Waals surface area contributed by atoms with Crippen LogP contribution in [0.15, 0.2) is 77.7 Å². The van der Waals surface area contributed by atoms with Gasteiger partial charge < -0.3 is 4.90 Å². The Morgan fingerprint density at radius 2 is 1.51 bits per heavy atom. The van der Waals surface area contributed by atoms with Crippen molar-refractivity contribution in [1.82, 2.24) is 9.47 Å². The van der Waals surface area contributed by atoms with Crippen LogP contribution >= 0.6 is 0 Å². The molecule has 3 aromatic carbocycles. The van der Waals surface area contributed by atoms with Crippen LogP contribution in [0.25, 0.3) is 27.6 Å². The van der Waals surface area contributed by atoms with Gasteiger partial charge in [-0.05, 0) is 92.4 Å². The molecule has 2 atom stereocenters. The lowest BCUT2D eigenvalue weighted by atomic mass is 9.96. The molecule has 4 aromatic rings. The van der Waals surface area contributed by atoms with Crippen LogP contribution in [0.4, 0.5) is 5.69 Å². The first kappa shape index (κ1) is 22.9. The minimum Gasteiger partial charge on any atom is -0.368 e. The highest BCUT2D eigenvalue weighted by Gasteiger charge is 2.26.